The smallest absolute Gasteiger partial charge is 0.244 e. The Balaban J connectivity index is 2.03. The van der Waals surface area contributed by atoms with E-state index in [1.807, 2.05) is 43.3 Å². The fourth-order valence-electron chi connectivity index (χ4n) is 4.09. The Bertz CT molecular complexity index is 1350. The fourth-order valence-corrected chi connectivity index (χ4v) is 5.40. The Hall–Kier alpha value is -2.88. The summed E-state index contributed by atoms with van der Waals surface area (Å²) in [6.45, 7) is 2.07. The molecule has 39 heavy (non-hydrogen) atoms. The number of carbonyl (C=O) groups excluding carboxylic acids is 2. The quantitative estimate of drug-likeness (QED) is 0.254. The molecule has 0 unspecified atom stereocenters. The number of sulfonamides is 1. The van der Waals surface area contributed by atoms with Gasteiger partial charge in [0.2, 0.25) is 21.8 Å². The van der Waals surface area contributed by atoms with Crippen molar-refractivity contribution >= 4 is 55.1 Å². The summed E-state index contributed by atoms with van der Waals surface area (Å²) in [5.74, 6) is -0.822. The van der Waals surface area contributed by atoms with Gasteiger partial charge in [0.1, 0.15) is 12.6 Å². The van der Waals surface area contributed by atoms with Crippen LogP contribution in [0.3, 0.4) is 0 Å². The maximum Gasteiger partial charge on any atom is 0.244 e. The maximum absolute atomic E-state index is 14.0. The third kappa shape index (κ3) is 9.08. The Kier molecular flexibility index (Phi) is 11.4. The van der Waals surface area contributed by atoms with Gasteiger partial charge in [-0.3, -0.25) is 13.9 Å². The van der Waals surface area contributed by atoms with Crippen molar-refractivity contribution in [2.75, 3.05) is 23.7 Å². The molecule has 7 nitrogen and oxygen atoms in total. The molecule has 0 saturated heterocycles. The number of benzene rings is 3. The monoisotopic (exact) mass is 633 g/mol. The molecule has 0 saturated carbocycles. The lowest BCUT2D eigenvalue weighted by Crippen LogP contribution is -2.53. The van der Waals surface area contributed by atoms with Crippen LogP contribution in [0.2, 0.25) is 5.02 Å². The highest BCUT2D eigenvalue weighted by Crippen LogP contribution is 2.24. The molecule has 10 heteroatoms. The Morgan fingerprint density at radius 3 is 2.23 bits per heavy atom. The lowest BCUT2D eigenvalue weighted by Gasteiger charge is -2.33. The molecule has 0 aliphatic heterocycles. The van der Waals surface area contributed by atoms with Crippen molar-refractivity contribution in [2.24, 2.45) is 0 Å². The van der Waals surface area contributed by atoms with E-state index < -0.39 is 28.5 Å². The van der Waals surface area contributed by atoms with Gasteiger partial charge in [-0.05, 0) is 47.9 Å². The summed E-state index contributed by atoms with van der Waals surface area (Å²) in [5, 5.41) is 3.41. The zero-order valence-corrected chi connectivity index (χ0v) is 25.2. The van der Waals surface area contributed by atoms with Crippen molar-refractivity contribution in [3.63, 3.8) is 0 Å². The van der Waals surface area contributed by atoms with Gasteiger partial charge in [0.15, 0.2) is 0 Å². The summed E-state index contributed by atoms with van der Waals surface area (Å²) < 4.78 is 27.4. The first kappa shape index (κ1) is 30.7. The molecular weight excluding hydrogens is 602 g/mol. The molecule has 1 N–H and O–H groups in total. The predicted molar refractivity (Wildman–Crippen MR) is 160 cm³/mol. The first-order valence-corrected chi connectivity index (χ1v) is 15.7. The number of anilines is 1. The van der Waals surface area contributed by atoms with Crippen molar-refractivity contribution < 1.29 is 18.0 Å². The van der Waals surface area contributed by atoms with E-state index in [1.54, 1.807) is 42.5 Å². The number of hydrogen-bond donors (Lipinski definition) is 1. The average Bonchev–Trinajstić information content (AvgIpc) is 2.91. The third-order valence-corrected chi connectivity index (χ3v) is 8.23. The molecule has 2 amide bonds. The first-order chi connectivity index (χ1) is 18.6. The van der Waals surface area contributed by atoms with Crippen LogP contribution in [0.5, 0.6) is 0 Å². The van der Waals surface area contributed by atoms with Crippen molar-refractivity contribution in [1.29, 1.82) is 0 Å². The highest BCUT2D eigenvalue weighted by molar-refractivity contribution is 9.10. The average molecular weight is 635 g/mol. The molecule has 0 fully saturated rings. The van der Waals surface area contributed by atoms with Crippen LogP contribution in [0.25, 0.3) is 0 Å². The van der Waals surface area contributed by atoms with E-state index in [1.165, 1.54) is 4.90 Å². The van der Waals surface area contributed by atoms with Crippen LogP contribution >= 0.6 is 27.5 Å². The van der Waals surface area contributed by atoms with Crippen LogP contribution in [-0.2, 0) is 32.6 Å². The van der Waals surface area contributed by atoms with Crippen LogP contribution in [0.15, 0.2) is 83.3 Å². The van der Waals surface area contributed by atoms with Gasteiger partial charge in [-0.1, -0.05) is 89.4 Å². The van der Waals surface area contributed by atoms with Crippen molar-refractivity contribution in [1.82, 2.24) is 10.2 Å². The highest BCUT2D eigenvalue weighted by Gasteiger charge is 2.33. The van der Waals surface area contributed by atoms with Gasteiger partial charge in [-0.15, -0.1) is 0 Å². The van der Waals surface area contributed by atoms with E-state index in [0.29, 0.717) is 22.8 Å². The van der Waals surface area contributed by atoms with E-state index >= 15 is 0 Å². The van der Waals surface area contributed by atoms with Crippen molar-refractivity contribution in [3.05, 3.63) is 99.5 Å². The second-order valence-corrected chi connectivity index (χ2v) is 12.4. The number of hydrogen-bond acceptors (Lipinski definition) is 4. The molecular formula is C29H33BrClN3O4S. The zero-order valence-electron chi connectivity index (χ0n) is 22.0. The number of carbonyl (C=O) groups is 2. The first-order valence-electron chi connectivity index (χ1n) is 12.7. The molecule has 0 aromatic heterocycles. The Labute approximate surface area is 244 Å². The van der Waals surface area contributed by atoms with Gasteiger partial charge in [0.05, 0.1) is 11.9 Å². The van der Waals surface area contributed by atoms with Gasteiger partial charge in [-0.25, -0.2) is 8.42 Å². The summed E-state index contributed by atoms with van der Waals surface area (Å²) >= 11 is 9.81. The minimum Gasteiger partial charge on any atom is -0.354 e. The predicted octanol–water partition coefficient (Wildman–Crippen LogP) is 5.42. The van der Waals surface area contributed by atoms with Crippen molar-refractivity contribution in [2.45, 2.75) is 38.8 Å². The molecule has 208 valence electrons. The molecule has 0 heterocycles. The largest absolute Gasteiger partial charge is 0.354 e. The standard InChI is InChI=1S/C29H33BrClN3O4S/c1-3-4-18-32-29(36)27(19-22-10-6-5-7-11-22)33(20-23-12-8-9-13-26(23)31)28(35)21-34(39(2,37)38)25-16-14-24(30)15-17-25/h5-17,27H,3-4,18-21H2,1-2H3,(H,32,36)/t27-/m1/s1. The summed E-state index contributed by atoms with van der Waals surface area (Å²) in [7, 11) is -3.82. The van der Waals surface area contributed by atoms with E-state index in [4.69, 9.17) is 11.6 Å². The van der Waals surface area contributed by atoms with Crippen LogP contribution in [0.4, 0.5) is 5.69 Å². The Morgan fingerprint density at radius 2 is 1.62 bits per heavy atom. The van der Waals surface area contributed by atoms with Crippen LogP contribution in [0, 0.1) is 0 Å². The topological polar surface area (TPSA) is 86.8 Å². The molecule has 0 aliphatic carbocycles. The van der Waals surface area contributed by atoms with E-state index in [2.05, 4.69) is 21.2 Å². The second kappa shape index (κ2) is 14.5. The number of amides is 2. The molecule has 0 aliphatic rings. The molecule has 0 spiro atoms. The van der Waals surface area contributed by atoms with Crippen LogP contribution < -0.4 is 9.62 Å². The van der Waals surface area contributed by atoms with Gasteiger partial charge in [-0.2, -0.15) is 0 Å². The third-order valence-electron chi connectivity index (χ3n) is 6.19. The number of rotatable bonds is 13. The lowest BCUT2D eigenvalue weighted by molar-refractivity contribution is -0.140. The van der Waals surface area contributed by atoms with E-state index in [-0.39, 0.29) is 18.9 Å². The number of unbranched alkanes of at least 4 members (excludes halogenated alkanes) is 1. The minimum absolute atomic E-state index is 0.0368. The fraction of sp³-hybridized carbons (Fsp3) is 0.310. The normalized spacial score (nSPS) is 12.0. The Morgan fingerprint density at radius 1 is 0.974 bits per heavy atom. The van der Waals surface area contributed by atoms with E-state index in [9.17, 15) is 18.0 Å². The summed E-state index contributed by atoms with van der Waals surface area (Å²) in [6.07, 6.45) is 3.02. The van der Waals surface area contributed by atoms with Crippen molar-refractivity contribution in [3.8, 4) is 0 Å². The summed E-state index contributed by atoms with van der Waals surface area (Å²) in [5.41, 5.74) is 1.87. The number of nitrogens with one attached hydrogen (secondary N) is 1. The second-order valence-electron chi connectivity index (χ2n) is 9.21. The van der Waals surface area contributed by atoms with Gasteiger partial charge in [0, 0.05) is 29.0 Å². The SMILES string of the molecule is CCCCNC(=O)[C@@H](Cc1ccccc1)N(Cc1ccccc1Cl)C(=O)CN(c1ccc(Br)cc1)S(C)(=O)=O. The summed E-state index contributed by atoms with van der Waals surface area (Å²) in [4.78, 5) is 29.0. The maximum atomic E-state index is 14.0. The molecule has 3 aromatic carbocycles. The number of halogens is 2. The van der Waals surface area contributed by atoms with Gasteiger partial charge in [0.25, 0.3) is 0 Å². The molecule has 0 bridgehead atoms. The molecule has 0 radical (unpaired) electrons. The molecule has 1 atom stereocenters. The minimum atomic E-state index is -3.82. The lowest BCUT2D eigenvalue weighted by atomic mass is 10.0. The number of nitrogens with zero attached hydrogens (tertiary/aromatic N) is 2. The summed E-state index contributed by atoms with van der Waals surface area (Å²) in [6, 6.07) is 22.3. The van der Waals surface area contributed by atoms with Gasteiger partial charge >= 0.3 is 0 Å². The zero-order chi connectivity index (χ0) is 28.4. The van der Waals surface area contributed by atoms with E-state index in [0.717, 1.165) is 33.4 Å². The molecule has 3 rings (SSSR count). The highest BCUT2D eigenvalue weighted by atomic mass is 79.9. The van der Waals surface area contributed by atoms with Crippen LogP contribution in [-0.4, -0.2) is 50.5 Å². The van der Waals surface area contributed by atoms with Gasteiger partial charge < -0.3 is 10.2 Å². The molecule has 3 aromatic rings. The van der Waals surface area contributed by atoms with Crippen LogP contribution in [0.1, 0.15) is 30.9 Å².